The lowest BCUT2D eigenvalue weighted by Gasteiger charge is -2.32. The molecule has 0 unspecified atom stereocenters. The standard InChI is InChI=1S/C27H31N5O3/c1-2-13-28-26(34)20-16-32(19-9-3-4-10-19)17-21(24(20)33)27(35)31-14-7-8-18(15-31)25-29-22-11-5-6-12-23(22)30-25/h2,5-6,11-12,16-19H,1,3-4,7-10,13-15H2,(H,28,34)(H,29,30)/t18-/m0/s1. The number of carbonyl (C=O) groups excluding carboxylic acids is 2. The molecule has 1 aliphatic heterocycles. The fourth-order valence-electron chi connectivity index (χ4n) is 5.31. The quantitative estimate of drug-likeness (QED) is 0.532. The van der Waals surface area contributed by atoms with Crippen LogP contribution in [0.5, 0.6) is 0 Å². The Morgan fingerprint density at radius 2 is 1.89 bits per heavy atom. The maximum Gasteiger partial charge on any atom is 0.259 e. The van der Waals surface area contributed by atoms with E-state index < -0.39 is 11.3 Å². The Bertz CT molecular complexity index is 1280. The number of fused-ring (bicyclic) bond motifs is 1. The highest BCUT2D eigenvalue weighted by molar-refractivity contribution is 5.99. The van der Waals surface area contributed by atoms with E-state index in [1.54, 1.807) is 23.4 Å². The summed E-state index contributed by atoms with van der Waals surface area (Å²) in [4.78, 5) is 49.6. The number of para-hydroxylation sites is 2. The number of benzene rings is 1. The Kier molecular flexibility index (Phi) is 6.53. The van der Waals surface area contributed by atoms with Crippen LogP contribution in [0, 0.1) is 0 Å². The largest absolute Gasteiger partial charge is 0.349 e. The van der Waals surface area contributed by atoms with Crippen molar-refractivity contribution in [1.82, 2.24) is 24.8 Å². The second-order valence-corrected chi connectivity index (χ2v) is 9.53. The number of rotatable bonds is 6. The monoisotopic (exact) mass is 473 g/mol. The van der Waals surface area contributed by atoms with Gasteiger partial charge in [-0.2, -0.15) is 0 Å². The Morgan fingerprint density at radius 3 is 2.66 bits per heavy atom. The first kappa shape index (κ1) is 23.1. The summed E-state index contributed by atoms with van der Waals surface area (Å²) >= 11 is 0. The van der Waals surface area contributed by atoms with Gasteiger partial charge in [-0.1, -0.05) is 31.1 Å². The van der Waals surface area contributed by atoms with Gasteiger partial charge in [0.2, 0.25) is 5.43 Å². The van der Waals surface area contributed by atoms with Crippen molar-refractivity contribution in [1.29, 1.82) is 0 Å². The minimum atomic E-state index is -0.517. The van der Waals surface area contributed by atoms with Crippen molar-refractivity contribution in [2.24, 2.45) is 0 Å². The van der Waals surface area contributed by atoms with Gasteiger partial charge in [-0.05, 0) is 37.8 Å². The third-order valence-electron chi connectivity index (χ3n) is 7.18. The average Bonchev–Trinajstić information content (AvgIpc) is 3.57. The molecule has 0 bridgehead atoms. The summed E-state index contributed by atoms with van der Waals surface area (Å²) in [5, 5.41) is 2.69. The highest BCUT2D eigenvalue weighted by Gasteiger charge is 2.30. The van der Waals surface area contributed by atoms with Gasteiger partial charge in [-0.15, -0.1) is 6.58 Å². The van der Waals surface area contributed by atoms with Gasteiger partial charge in [-0.25, -0.2) is 4.98 Å². The number of hydrogen-bond acceptors (Lipinski definition) is 4. The third kappa shape index (κ3) is 4.65. The summed E-state index contributed by atoms with van der Waals surface area (Å²) in [7, 11) is 0. The summed E-state index contributed by atoms with van der Waals surface area (Å²) in [5.74, 6) is 0.136. The first-order valence-corrected chi connectivity index (χ1v) is 12.4. The molecule has 2 aliphatic rings. The minimum absolute atomic E-state index is 0.00967. The van der Waals surface area contributed by atoms with Crippen molar-refractivity contribution in [2.75, 3.05) is 19.6 Å². The van der Waals surface area contributed by atoms with Gasteiger partial charge in [0.05, 0.1) is 11.0 Å². The minimum Gasteiger partial charge on any atom is -0.349 e. The highest BCUT2D eigenvalue weighted by atomic mass is 16.2. The molecule has 1 aliphatic carbocycles. The number of amides is 2. The molecule has 0 spiro atoms. The van der Waals surface area contributed by atoms with E-state index in [1.807, 2.05) is 28.8 Å². The van der Waals surface area contributed by atoms with Crippen molar-refractivity contribution in [3.8, 4) is 0 Å². The van der Waals surface area contributed by atoms with Gasteiger partial charge in [0.25, 0.3) is 11.8 Å². The number of carbonyl (C=O) groups is 2. The lowest BCUT2D eigenvalue weighted by molar-refractivity contribution is 0.0702. The summed E-state index contributed by atoms with van der Waals surface area (Å²) < 4.78 is 1.91. The van der Waals surface area contributed by atoms with Gasteiger partial charge in [0.15, 0.2) is 0 Å². The highest BCUT2D eigenvalue weighted by Crippen LogP contribution is 2.30. The molecule has 2 fully saturated rings. The second-order valence-electron chi connectivity index (χ2n) is 9.53. The number of pyridine rings is 1. The Hall–Kier alpha value is -3.68. The Morgan fingerprint density at radius 1 is 1.11 bits per heavy atom. The number of piperidine rings is 1. The van der Waals surface area contributed by atoms with E-state index >= 15 is 0 Å². The van der Waals surface area contributed by atoms with Gasteiger partial charge in [0, 0.05) is 44.0 Å². The number of nitrogens with one attached hydrogen (secondary N) is 2. The lowest BCUT2D eigenvalue weighted by atomic mass is 9.96. The van der Waals surface area contributed by atoms with E-state index in [0.717, 1.165) is 55.4 Å². The lowest BCUT2D eigenvalue weighted by Crippen LogP contribution is -2.42. The van der Waals surface area contributed by atoms with E-state index in [-0.39, 0.29) is 35.5 Å². The first-order chi connectivity index (χ1) is 17.0. The second kappa shape index (κ2) is 9.90. The topological polar surface area (TPSA) is 100 Å². The van der Waals surface area contributed by atoms with E-state index in [2.05, 4.69) is 16.9 Å². The van der Waals surface area contributed by atoms with E-state index in [9.17, 15) is 14.4 Å². The summed E-state index contributed by atoms with van der Waals surface area (Å²) in [6, 6.07) is 8.07. The molecule has 35 heavy (non-hydrogen) atoms. The van der Waals surface area contributed by atoms with E-state index in [1.165, 1.54) is 0 Å². The van der Waals surface area contributed by atoms with Crippen LogP contribution in [0.4, 0.5) is 0 Å². The number of imidazole rings is 1. The van der Waals surface area contributed by atoms with Crippen LogP contribution in [0.1, 0.15) is 77.0 Å². The first-order valence-electron chi connectivity index (χ1n) is 12.4. The van der Waals surface area contributed by atoms with Crippen LogP contribution in [-0.4, -0.2) is 50.9 Å². The van der Waals surface area contributed by atoms with E-state index in [4.69, 9.17) is 4.98 Å². The molecule has 1 saturated carbocycles. The van der Waals surface area contributed by atoms with Gasteiger partial charge in [-0.3, -0.25) is 14.4 Å². The molecule has 1 saturated heterocycles. The van der Waals surface area contributed by atoms with Crippen LogP contribution in [0.3, 0.4) is 0 Å². The van der Waals surface area contributed by atoms with Crippen LogP contribution < -0.4 is 10.7 Å². The van der Waals surface area contributed by atoms with Crippen molar-refractivity contribution < 1.29 is 9.59 Å². The van der Waals surface area contributed by atoms with Crippen LogP contribution in [-0.2, 0) is 0 Å². The number of hydrogen-bond donors (Lipinski definition) is 2. The number of nitrogens with zero attached hydrogens (tertiary/aromatic N) is 3. The average molecular weight is 474 g/mol. The van der Waals surface area contributed by atoms with Crippen LogP contribution >= 0.6 is 0 Å². The smallest absolute Gasteiger partial charge is 0.259 e. The molecule has 2 N–H and O–H groups in total. The van der Waals surface area contributed by atoms with E-state index in [0.29, 0.717) is 13.1 Å². The number of aromatic amines is 1. The molecular weight excluding hydrogens is 442 g/mol. The summed E-state index contributed by atoms with van der Waals surface area (Å²) in [6.07, 6.45) is 10.7. The maximum atomic E-state index is 13.7. The normalized spacial score (nSPS) is 18.6. The molecule has 8 heteroatoms. The number of H-pyrrole nitrogens is 1. The molecule has 5 rings (SSSR count). The fraction of sp³-hybridized carbons (Fsp3) is 0.407. The van der Waals surface area contributed by atoms with Crippen LogP contribution in [0.15, 0.2) is 54.1 Å². The molecule has 3 aromatic rings. The predicted octanol–water partition coefficient (Wildman–Crippen LogP) is 3.78. The van der Waals surface area contributed by atoms with Crippen molar-refractivity contribution >= 4 is 22.8 Å². The Balaban J connectivity index is 1.45. The summed E-state index contributed by atoms with van der Waals surface area (Å²) in [5.41, 5.74) is 1.44. The predicted molar refractivity (Wildman–Crippen MR) is 135 cm³/mol. The molecule has 0 radical (unpaired) electrons. The van der Waals surface area contributed by atoms with Gasteiger partial charge < -0.3 is 19.8 Å². The molecule has 182 valence electrons. The van der Waals surface area contributed by atoms with Crippen LogP contribution in [0.25, 0.3) is 11.0 Å². The molecule has 2 amide bonds. The molecule has 2 aromatic heterocycles. The SMILES string of the molecule is C=CCNC(=O)c1cn(C2CCCC2)cc(C(=O)N2CCC[C@H](c3nc4ccccc4[nH]3)C2)c1=O. The molecule has 1 aromatic carbocycles. The number of aromatic nitrogens is 3. The zero-order valence-electron chi connectivity index (χ0n) is 19.8. The molecule has 3 heterocycles. The number of likely N-dealkylation sites (tertiary alicyclic amines) is 1. The summed E-state index contributed by atoms with van der Waals surface area (Å²) in [6.45, 7) is 4.93. The van der Waals surface area contributed by atoms with Crippen molar-refractivity contribution in [3.63, 3.8) is 0 Å². The van der Waals surface area contributed by atoms with Crippen molar-refractivity contribution in [3.05, 3.63) is 76.5 Å². The molecule has 1 atom stereocenters. The maximum absolute atomic E-state index is 13.7. The molecular formula is C27H31N5O3. The molecule has 8 nitrogen and oxygen atoms in total. The van der Waals surface area contributed by atoms with Gasteiger partial charge >= 0.3 is 0 Å². The zero-order valence-corrected chi connectivity index (χ0v) is 19.8. The third-order valence-corrected chi connectivity index (χ3v) is 7.18. The zero-order chi connectivity index (χ0) is 24.4. The van der Waals surface area contributed by atoms with Gasteiger partial charge in [0.1, 0.15) is 17.0 Å². The fourth-order valence-corrected chi connectivity index (χ4v) is 5.31. The Labute approximate surface area is 204 Å². The van der Waals surface area contributed by atoms with Crippen LogP contribution in [0.2, 0.25) is 0 Å². The van der Waals surface area contributed by atoms with Crippen molar-refractivity contribution in [2.45, 2.75) is 50.5 Å².